The number of rotatable bonds is 2. The lowest BCUT2D eigenvalue weighted by atomic mass is 9.85. The standard InChI is InChI=1S/C15H22O/c1-12(2)9-10-15(3,4)11-13-7-5-6-8-14(13)16/h10-11H,5-8H2,1-4H3/b13-11+. The highest BCUT2D eigenvalue weighted by Crippen LogP contribution is 2.27. The summed E-state index contributed by atoms with van der Waals surface area (Å²) in [7, 11) is 0. The Kier molecular flexibility index (Phi) is 4.32. The first-order valence-electron chi connectivity index (χ1n) is 6.07. The molecule has 0 aliphatic heterocycles. The van der Waals surface area contributed by atoms with Crippen molar-refractivity contribution in [3.8, 4) is 0 Å². The fourth-order valence-corrected chi connectivity index (χ4v) is 1.87. The van der Waals surface area contributed by atoms with Crippen molar-refractivity contribution in [2.24, 2.45) is 5.41 Å². The molecule has 0 atom stereocenters. The summed E-state index contributed by atoms with van der Waals surface area (Å²) >= 11 is 0. The summed E-state index contributed by atoms with van der Waals surface area (Å²) in [6.07, 6.45) is 8.06. The van der Waals surface area contributed by atoms with E-state index in [1.165, 1.54) is 5.57 Å². The van der Waals surface area contributed by atoms with Crippen LogP contribution >= 0.6 is 0 Å². The third-order valence-electron chi connectivity index (χ3n) is 2.74. The van der Waals surface area contributed by atoms with Gasteiger partial charge in [-0.15, -0.1) is 5.73 Å². The number of allylic oxidation sites excluding steroid dienone is 3. The molecule has 0 N–H and O–H groups in total. The van der Waals surface area contributed by atoms with Gasteiger partial charge in [0.15, 0.2) is 5.78 Å². The molecule has 1 saturated carbocycles. The van der Waals surface area contributed by atoms with Gasteiger partial charge in [-0.1, -0.05) is 19.9 Å². The van der Waals surface area contributed by atoms with Crippen LogP contribution in [-0.4, -0.2) is 5.78 Å². The van der Waals surface area contributed by atoms with Crippen molar-refractivity contribution >= 4 is 5.78 Å². The molecule has 0 saturated heterocycles. The Morgan fingerprint density at radius 2 is 1.88 bits per heavy atom. The van der Waals surface area contributed by atoms with E-state index in [9.17, 15) is 4.79 Å². The van der Waals surface area contributed by atoms with Gasteiger partial charge >= 0.3 is 0 Å². The highest BCUT2D eigenvalue weighted by Gasteiger charge is 2.19. The van der Waals surface area contributed by atoms with Crippen molar-refractivity contribution < 1.29 is 4.79 Å². The molecule has 16 heavy (non-hydrogen) atoms. The Balaban J connectivity index is 2.88. The van der Waals surface area contributed by atoms with E-state index in [0.29, 0.717) is 5.78 Å². The minimum absolute atomic E-state index is 0.0698. The summed E-state index contributed by atoms with van der Waals surface area (Å²) in [5, 5.41) is 0. The van der Waals surface area contributed by atoms with Crippen molar-refractivity contribution in [2.75, 3.05) is 0 Å². The molecule has 0 bridgehead atoms. The Labute approximate surface area is 98.9 Å². The number of Topliss-reactive ketones (excluding diaryl/α,β-unsaturated/α-hetero) is 1. The Hall–Kier alpha value is -1.07. The van der Waals surface area contributed by atoms with Gasteiger partial charge in [-0.05, 0) is 50.3 Å². The normalized spacial score (nSPS) is 19.5. The van der Waals surface area contributed by atoms with Gasteiger partial charge < -0.3 is 0 Å². The molecule has 0 spiro atoms. The van der Waals surface area contributed by atoms with Crippen LogP contribution in [0.25, 0.3) is 0 Å². The average molecular weight is 218 g/mol. The third kappa shape index (κ3) is 4.20. The zero-order valence-electron chi connectivity index (χ0n) is 10.9. The van der Waals surface area contributed by atoms with Crippen molar-refractivity contribution in [1.29, 1.82) is 0 Å². The molecule has 0 unspecified atom stereocenters. The molecule has 1 heteroatoms. The fourth-order valence-electron chi connectivity index (χ4n) is 1.87. The first kappa shape index (κ1) is 13.0. The predicted octanol–water partition coefficient (Wildman–Crippen LogP) is 4.20. The lowest BCUT2D eigenvalue weighted by Crippen LogP contribution is -2.13. The number of ketones is 1. The van der Waals surface area contributed by atoms with Crippen LogP contribution in [0.4, 0.5) is 0 Å². The molecule has 1 nitrogen and oxygen atoms in total. The fraction of sp³-hybridized carbons (Fsp3) is 0.600. The van der Waals surface area contributed by atoms with Gasteiger partial charge in [-0.2, -0.15) is 0 Å². The molecule has 0 aromatic rings. The highest BCUT2D eigenvalue weighted by atomic mass is 16.1. The minimum Gasteiger partial charge on any atom is -0.295 e. The van der Waals surface area contributed by atoms with Crippen molar-refractivity contribution in [3.05, 3.63) is 29.0 Å². The van der Waals surface area contributed by atoms with Gasteiger partial charge in [0.05, 0.1) is 0 Å². The molecule has 0 aromatic carbocycles. The Bertz CT molecular complexity index is 359. The first-order valence-corrected chi connectivity index (χ1v) is 6.07. The summed E-state index contributed by atoms with van der Waals surface area (Å²) in [6, 6.07) is 0. The number of hydrogen-bond donors (Lipinski definition) is 0. The quantitative estimate of drug-likeness (QED) is 0.501. The van der Waals surface area contributed by atoms with Crippen LogP contribution in [-0.2, 0) is 4.79 Å². The molecule has 0 heterocycles. The monoisotopic (exact) mass is 218 g/mol. The second kappa shape index (κ2) is 5.32. The van der Waals surface area contributed by atoms with Crippen molar-refractivity contribution in [2.45, 2.75) is 53.4 Å². The lowest BCUT2D eigenvalue weighted by molar-refractivity contribution is -0.116. The summed E-state index contributed by atoms with van der Waals surface area (Å²) in [6.45, 7) is 8.31. The molecule has 0 amide bonds. The molecule has 1 rings (SSSR count). The maximum Gasteiger partial charge on any atom is 0.158 e. The summed E-state index contributed by atoms with van der Waals surface area (Å²) in [5.74, 6) is 0.338. The molecule has 0 radical (unpaired) electrons. The Morgan fingerprint density at radius 3 is 2.44 bits per heavy atom. The smallest absolute Gasteiger partial charge is 0.158 e. The minimum atomic E-state index is -0.0698. The van der Waals surface area contributed by atoms with Crippen LogP contribution in [0.15, 0.2) is 29.0 Å². The number of carbonyl (C=O) groups is 1. The van der Waals surface area contributed by atoms with E-state index >= 15 is 0 Å². The van der Waals surface area contributed by atoms with E-state index in [1.807, 2.05) is 13.8 Å². The maximum absolute atomic E-state index is 11.7. The average Bonchev–Trinajstić information content (AvgIpc) is 2.19. The van der Waals surface area contributed by atoms with E-state index in [0.717, 1.165) is 31.3 Å². The predicted molar refractivity (Wildman–Crippen MR) is 68.3 cm³/mol. The van der Waals surface area contributed by atoms with E-state index in [-0.39, 0.29) is 5.41 Å². The third-order valence-corrected chi connectivity index (χ3v) is 2.74. The van der Waals surface area contributed by atoms with Crippen molar-refractivity contribution in [1.82, 2.24) is 0 Å². The molecule has 1 aliphatic carbocycles. The molecular weight excluding hydrogens is 196 g/mol. The highest BCUT2D eigenvalue weighted by molar-refractivity contribution is 5.96. The first-order chi connectivity index (χ1) is 7.41. The molecule has 1 aliphatic rings. The van der Waals surface area contributed by atoms with Crippen LogP contribution in [0.5, 0.6) is 0 Å². The van der Waals surface area contributed by atoms with Crippen LogP contribution in [0.1, 0.15) is 53.4 Å². The topological polar surface area (TPSA) is 17.1 Å². The van der Waals surface area contributed by atoms with Gasteiger partial charge in [0, 0.05) is 11.8 Å². The number of carbonyl (C=O) groups excluding carboxylic acids is 1. The van der Waals surface area contributed by atoms with Gasteiger partial charge in [0.25, 0.3) is 0 Å². The Morgan fingerprint density at radius 1 is 1.25 bits per heavy atom. The maximum atomic E-state index is 11.7. The van der Waals surface area contributed by atoms with Gasteiger partial charge in [0.2, 0.25) is 0 Å². The van der Waals surface area contributed by atoms with Gasteiger partial charge in [-0.3, -0.25) is 4.79 Å². The van der Waals surface area contributed by atoms with Gasteiger partial charge in [0.1, 0.15) is 0 Å². The molecule has 1 fully saturated rings. The second-order valence-corrected chi connectivity index (χ2v) is 5.41. The number of hydrogen-bond acceptors (Lipinski definition) is 1. The van der Waals surface area contributed by atoms with Crippen molar-refractivity contribution in [3.63, 3.8) is 0 Å². The van der Waals surface area contributed by atoms with Crippen LogP contribution in [0.3, 0.4) is 0 Å². The summed E-state index contributed by atoms with van der Waals surface area (Å²) in [4.78, 5) is 11.7. The zero-order chi connectivity index (χ0) is 12.2. The second-order valence-electron chi connectivity index (χ2n) is 5.41. The van der Waals surface area contributed by atoms with Gasteiger partial charge in [-0.25, -0.2) is 0 Å². The molecule has 0 aromatic heterocycles. The van der Waals surface area contributed by atoms with Crippen LogP contribution in [0, 0.1) is 5.41 Å². The van der Waals surface area contributed by atoms with Crippen LogP contribution < -0.4 is 0 Å². The van der Waals surface area contributed by atoms with E-state index in [4.69, 9.17) is 0 Å². The van der Waals surface area contributed by atoms with E-state index < -0.39 is 0 Å². The van der Waals surface area contributed by atoms with E-state index in [1.54, 1.807) is 0 Å². The largest absolute Gasteiger partial charge is 0.295 e. The van der Waals surface area contributed by atoms with Crippen LogP contribution in [0.2, 0.25) is 0 Å². The molecular formula is C15H22O. The lowest BCUT2D eigenvalue weighted by Gasteiger charge is -2.19. The summed E-state index contributed by atoms with van der Waals surface area (Å²) < 4.78 is 0. The van der Waals surface area contributed by atoms with E-state index in [2.05, 4.69) is 31.7 Å². The summed E-state index contributed by atoms with van der Waals surface area (Å²) in [5.41, 5.74) is 5.34. The zero-order valence-corrected chi connectivity index (χ0v) is 10.9. The SMILES string of the molecule is CC(C)=C=CC(C)(C)/C=C1\CCCCC1=O. The molecule has 88 valence electrons.